The van der Waals surface area contributed by atoms with Gasteiger partial charge in [-0.1, -0.05) is 0 Å². The van der Waals surface area contributed by atoms with Crippen molar-refractivity contribution in [1.82, 2.24) is 9.55 Å². The Bertz CT molecular complexity index is 514. The highest BCUT2D eigenvalue weighted by molar-refractivity contribution is 5.83. The van der Waals surface area contributed by atoms with E-state index in [4.69, 9.17) is 0 Å². The highest BCUT2D eigenvalue weighted by Crippen LogP contribution is 2.11. The van der Waals surface area contributed by atoms with E-state index >= 15 is 0 Å². The fourth-order valence-corrected chi connectivity index (χ4v) is 1.50. The average molecular weight is 174 g/mol. The normalized spacial score (nSPS) is 10.6. The van der Waals surface area contributed by atoms with Crippen LogP contribution < -0.4 is 5.56 Å². The molecule has 2 rings (SSSR count). The summed E-state index contributed by atoms with van der Waals surface area (Å²) in [6.45, 7) is 1.98. The zero-order valence-electron chi connectivity index (χ0n) is 7.61. The third-order valence-electron chi connectivity index (χ3n) is 2.18. The number of rotatable bonds is 0. The van der Waals surface area contributed by atoms with Crippen LogP contribution in [0.1, 0.15) is 5.56 Å². The summed E-state index contributed by atoms with van der Waals surface area (Å²) < 4.78 is 1.59. The molecule has 3 heteroatoms. The van der Waals surface area contributed by atoms with Gasteiger partial charge in [0.05, 0.1) is 5.39 Å². The zero-order chi connectivity index (χ0) is 9.42. The van der Waals surface area contributed by atoms with E-state index < -0.39 is 0 Å². The molecule has 0 spiro atoms. The Morgan fingerprint density at radius 3 is 2.92 bits per heavy atom. The zero-order valence-corrected chi connectivity index (χ0v) is 7.61. The monoisotopic (exact) mass is 174 g/mol. The lowest BCUT2D eigenvalue weighted by Crippen LogP contribution is -2.16. The Hall–Kier alpha value is -1.64. The van der Waals surface area contributed by atoms with Crippen LogP contribution in [-0.2, 0) is 7.05 Å². The molecule has 3 nitrogen and oxygen atoms in total. The standard InChI is InChI=1S/C10H10N2O/c1-7-6-12(2)10(13)8-3-4-11-5-9(7)8/h3-6H,1-2H3. The van der Waals surface area contributed by atoms with Gasteiger partial charge in [0.25, 0.3) is 5.56 Å². The number of pyridine rings is 2. The van der Waals surface area contributed by atoms with Gasteiger partial charge >= 0.3 is 0 Å². The molecule has 13 heavy (non-hydrogen) atoms. The van der Waals surface area contributed by atoms with Crippen LogP contribution in [0.3, 0.4) is 0 Å². The summed E-state index contributed by atoms with van der Waals surface area (Å²) >= 11 is 0. The van der Waals surface area contributed by atoms with E-state index in [1.165, 1.54) is 0 Å². The SMILES string of the molecule is Cc1cn(C)c(=O)c2ccncc12. The molecule has 0 aliphatic carbocycles. The molecule has 0 aromatic carbocycles. The van der Waals surface area contributed by atoms with Gasteiger partial charge in [-0.3, -0.25) is 9.78 Å². The first-order chi connectivity index (χ1) is 6.20. The average Bonchev–Trinajstić information content (AvgIpc) is 2.15. The molecule has 0 radical (unpaired) electrons. The van der Waals surface area contributed by atoms with Crippen molar-refractivity contribution >= 4 is 10.8 Å². The predicted octanol–water partition coefficient (Wildman–Crippen LogP) is 1.24. The van der Waals surface area contributed by atoms with Crippen LogP contribution in [0, 0.1) is 6.92 Å². The molecule has 2 heterocycles. The smallest absolute Gasteiger partial charge is 0.258 e. The van der Waals surface area contributed by atoms with Crippen LogP contribution in [0.25, 0.3) is 10.8 Å². The van der Waals surface area contributed by atoms with Gasteiger partial charge in [0, 0.05) is 31.0 Å². The summed E-state index contributed by atoms with van der Waals surface area (Å²) in [4.78, 5) is 15.6. The molecule has 0 aliphatic heterocycles. The largest absolute Gasteiger partial charge is 0.318 e. The van der Waals surface area contributed by atoms with E-state index in [1.54, 1.807) is 30.1 Å². The van der Waals surface area contributed by atoms with Gasteiger partial charge < -0.3 is 4.57 Å². The third kappa shape index (κ3) is 1.13. The summed E-state index contributed by atoms with van der Waals surface area (Å²) in [7, 11) is 1.76. The van der Waals surface area contributed by atoms with E-state index in [0.29, 0.717) is 0 Å². The van der Waals surface area contributed by atoms with Crippen LogP contribution in [0.4, 0.5) is 0 Å². The molecule has 0 aliphatic rings. The molecule has 0 N–H and O–H groups in total. The summed E-state index contributed by atoms with van der Waals surface area (Å²) in [6.07, 6.45) is 5.20. The van der Waals surface area contributed by atoms with Crippen LogP contribution in [-0.4, -0.2) is 9.55 Å². The fraction of sp³-hybridized carbons (Fsp3) is 0.200. The third-order valence-corrected chi connectivity index (χ3v) is 2.18. The maximum absolute atomic E-state index is 11.6. The lowest BCUT2D eigenvalue weighted by Gasteiger charge is -2.03. The number of fused-ring (bicyclic) bond motifs is 1. The summed E-state index contributed by atoms with van der Waals surface area (Å²) in [6, 6.07) is 1.75. The quantitative estimate of drug-likeness (QED) is 0.602. The molecule has 0 saturated heterocycles. The first kappa shape index (κ1) is 7.98. The van der Waals surface area contributed by atoms with Crippen molar-refractivity contribution in [2.24, 2.45) is 7.05 Å². The summed E-state index contributed by atoms with van der Waals surface area (Å²) in [5.74, 6) is 0. The lowest BCUT2D eigenvalue weighted by atomic mass is 10.1. The molecule has 0 saturated carbocycles. The minimum Gasteiger partial charge on any atom is -0.318 e. The Balaban J connectivity index is 3.06. The predicted molar refractivity (Wildman–Crippen MR) is 51.7 cm³/mol. The van der Waals surface area contributed by atoms with E-state index in [1.807, 2.05) is 13.1 Å². The number of hydrogen-bond acceptors (Lipinski definition) is 2. The first-order valence-electron chi connectivity index (χ1n) is 4.10. The van der Waals surface area contributed by atoms with Crippen molar-refractivity contribution in [2.45, 2.75) is 6.92 Å². The Morgan fingerprint density at radius 2 is 2.15 bits per heavy atom. The summed E-state index contributed by atoms with van der Waals surface area (Å²) in [5.41, 5.74) is 1.10. The molecule has 0 atom stereocenters. The Labute approximate surface area is 75.7 Å². The molecule has 0 fully saturated rings. The Kier molecular flexibility index (Phi) is 1.65. The van der Waals surface area contributed by atoms with Crippen LogP contribution in [0.15, 0.2) is 29.5 Å². The number of aromatic nitrogens is 2. The Morgan fingerprint density at radius 1 is 1.38 bits per heavy atom. The maximum Gasteiger partial charge on any atom is 0.258 e. The van der Waals surface area contributed by atoms with Crippen molar-refractivity contribution in [3.8, 4) is 0 Å². The van der Waals surface area contributed by atoms with E-state index in [2.05, 4.69) is 4.98 Å². The van der Waals surface area contributed by atoms with Crippen molar-refractivity contribution in [2.75, 3.05) is 0 Å². The maximum atomic E-state index is 11.6. The number of hydrogen-bond donors (Lipinski definition) is 0. The second-order valence-corrected chi connectivity index (χ2v) is 3.15. The van der Waals surface area contributed by atoms with Crippen molar-refractivity contribution < 1.29 is 0 Å². The minimum absolute atomic E-state index is 0.0306. The second-order valence-electron chi connectivity index (χ2n) is 3.15. The highest BCUT2D eigenvalue weighted by Gasteiger charge is 2.02. The van der Waals surface area contributed by atoms with Crippen LogP contribution in [0.5, 0.6) is 0 Å². The first-order valence-corrected chi connectivity index (χ1v) is 4.10. The van der Waals surface area contributed by atoms with Gasteiger partial charge in [0.15, 0.2) is 0 Å². The summed E-state index contributed by atoms with van der Waals surface area (Å²) in [5, 5.41) is 1.67. The molecular weight excluding hydrogens is 164 g/mol. The number of aryl methyl sites for hydroxylation is 2. The van der Waals surface area contributed by atoms with Gasteiger partial charge in [0.2, 0.25) is 0 Å². The second kappa shape index (κ2) is 2.69. The van der Waals surface area contributed by atoms with Gasteiger partial charge in [-0.15, -0.1) is 0 Å². The van der Waals surface area contributed by atoms with Crippen LogP contribution >= 0.6 is 0 Å². The lowest BCUT2D eigenvalue weighted by molar-refractivity contribution is 0.865. The van der Waals surface area contributed by atoms with Gasteiger partial charge in [-0.2, -0.15) is 0 Å². The van der Waals surface area contributed by atoms with Gasteiger partial charge in [0.1, 0.15) is 0 Å². The van der Waals surface area contributed by atoms with Crippen molar-refractivity contribution in [3.63, 3.8) is 0 Å². The van der Waals surface area contributed by atoms with Crippen molar-refractivity contribution in [1.29, 1.82) is 0 Å². The molecule has 0 unspecified atom stereocenters. The molecular formula is C10H10N2O. The highest BCUT2D eigenvalue weighted by atomic mass is 16.1. The van der Waals surface area contributed by atoms with Crippen molar-refractivity contribution in [3.05, 3.63) is 40.6 Å². The topological polar surface area (TPSA) is 34.9 Å². The molecule has 66 valence electrons. The molecule has 0 amide bonds. The van der Waals surface area contributed by atoms with E-state index in [-0.39, 0.29) is 5.56 Å². The van der Waals surface area contributed by atoms with Gasteiger partial charge in [-0.25, -0.2) is 0 Å². The van der Waals surface area contributed by atoms with E-state index in [0.717, 1.165) is 16.3 Å². The molecule has 0 bridgehead atoms. The van der Waals surface area contributed by atoms with E-state index in [9.17, 15) is 4.79 Å². The molecule has 2 aromatic rings. The number of nitrogens with zero attached hydrogens (tertiary/aromatic N) is 2. The van der Waals surface area contributed by atoms with Gasteiger partial charge in [-0.05, 0) is 18.6 Å². The fourth-order valence-electron chi connectivity index (χ4n) is 1.50. The molecule has 2 aromatic heterocycles. The van der Waals surface area contributed by atoms with Crippen LogP contribution in [0.2, 0.25) is 0 Å². The minimum atomic E-state index is 0.0306.